The monoisotopic (exact) mass is 802 g/mol. The molecule has 1 aliphatic heterocycles. The van der Waals surface area contributed by atoms with Crippen LogP contribution in [0.5, 0.6) is 0 Å². The molecular weight excluding hydrogens is 779 g/mol. The Hall–Kier alpha value is -4.12. The van der Waals surface area contributed by atoms with Crippen molar-refractivity contribution in [3.8, 4) is 0 Å². The van der Waals surface area contributed by atoms with Crippen LogP contribution in [0.2, 0.25) is 0 Å². The van der Waals surface area contributed by atoms with Gasteiger partial charge in [0.2, 0.25) is 5.91 Å². The first kappa shape index (κ1) is 26.9. The summed E-state index contributed by atoms with van der Waals surface area (Å²) in [5.74, 6) is -5.55. The summed E-state index contributed by atoms with van der Waals surface area (Å²) in [6, 6.07) is 11.6. The molecule has 3 aliphatic rings. The van der Waals surface area contributed by atoms with E-state index in [9.17, 15) is 36.1 Å². The number of nitrogens with zero attached hydrogens (tertiary/aromatic N) is 1. The molecule has 2 aromatic carbocycles. The van der Waals surface area contributed by atoms with Crippen LogP contribution in [0.15, 0.2) is 42.5 Å². The third-order valence-corrected chi connectivity index (χ3v) is 8.40. The van der Waals surface area contributed by atoms with Gasteiger partial charge in [0.25, 0.3) is 11.2 Å². The fourth-order valence-electron chi connectivity index (χ4n) is 6.28. The Morgan fingerprint density at radius 1 is 1.13 bits per heavy atom. The van der Waals surface area contributed by atoms with Gasteiger partial charge in [0.15, 0.2) is 0 Å². The Morgan fingerprint density at radius 3 is 2.45 bits per heavy atom. The van der Waals surface area contributed by atoms with E-state index in [1.165, 1.54) is 0 Å². The number of esters is 2. The van der Waals surface area contributed by atoms with E-state index in [0.717, 1.165) is 5.39 Å². The molecule has 13 heteroatoms. The van der Waals surface area contributed by atoms with E-state index in [2.05, 4.69) is 4.74 Å². The molecule has 3 fully saturated rings. The van der Waals surface area contributed by atoms with Gasteiger partial charge in [-0.25, -0.2) is 22.0 Å². The van der Waals surface area contributed by atoms with Crippen LogP contribution in [0, 0.1) is 30.3 Å². The summed E-state index contributed by atoms with van der Waals surface area (Å²) in [6.07, 6.45) is -0.601. The third kappa shape index (κ3) is 3.94. The summed E-state index contributed by atoms with van der Waals surface area (Å²) in [5.41, 5.74) is 0.297. The molecule has 1 amide bonds. The van der Waals surface area contributed by atoms with Gasteiger partial charge in [-0.15, -0.1) is 0 Å². The van der Waals surface area contributed by atoms with E-state index in [0.29, 0.717) is 17.4 Å². The van der Waals surface area contributed by atoms with Crippen molar-refractivity contribution in [3.05, 3.63) is 54.6 Å². The van der Waals surface area contributed by atoms with Crippen LogP contribution in [-0.2, 0) is 29.2 Å². The number of likely N-dealkylation sites (tertiary alicyclic amines) is 1. The number of fused-ring (bicyclic) bond motifs is 2. The van der Waals surface area contributed by atoms with Crippen LogP contribution in [-0.4, -0.2) is 59.2 Å². The topological polar surface area (TPSA) is 130 Å². The summed E-state index contributed by atoms with van der Waals surface area (Å²) in [6.45, 7) is 2.94. The van der Waals surface area contributed by atoms with Crippen LogP contribution < -0.4 is 0 Å². The number of benzene rings is 2. The molecule has 9 nitrogen and oxygen atoms in total. The number of halogens is 2. The minimum Gasteiger partial charge on any atom is -0.746 e. The second kappa shape index (κ2) is 9.02. The van der Waals surface area contributed by atoms with Gasteiger partial charge >= 0.3 is 5.97 Å². The molecular formula is C25H23F2NO8RfS-2. The predicted molar refractivity (Wildman–Crippen MR) is 123 cm³/mol. The molecule has 38 heavy (non-hydrogen) atoms. The first-order valence-electron chi connectivity index (χ1n) is 11.7. The molecule has 6 atom stereocenters. The van der Waals surface area contributed by atoms with E-state index in [1.807, 2.05) is 18.2 Å². The number of rotatable bonds is 7. The predicted octanol–water partition coefficient (Wildman–Crippen LogP) is 2.71. The molecule has 0 spiro atoms. The molecule has 2 aliphatic carbocycles. The quantitative estimate of drug-likeness (QED) is 0.238. The van der Waals surface area contributed by atoms with Crippen molar-refractivity contribution in [2.24, 2.45) is 23.7 Å². The van der Waals surface area contributed by atoms with Crippen molar-refractivity contribution in [1.82, 2.24) is 4.90 Å². The number of amides is 1. The second-order valence-electron chi connectivity index (χ2n) is 9.91. The van der Waals surface area contributed by atoms with Crippen molar-refractivity contribution in [2.45, 2.75) is 43.7 Å². The minimum atomic E-state index is -6.11. The van der Waals surface area contributed by atoms with Crippen LogP contribution in [0.25, 0.3) is 10.8 Å². The first-order valence-corrected chi connectivity index (χ1v) is 13.1. The van der Waals surface area contributed by atoms with Gasteiger partial charge < -0.3 is 18.9 Å². The van der Waals surface area contributed by atoms with Crippen molar-refractivity contribution in [1.29, 1.82) is 0 Å². The Kier molecular flexibility index (Phi) is 6.39. The summed E-state index contributed by atoms with van der Waals surface area (Å²) in [7, 11) is -6.11. The van der Waals surface area contributed by atoms with Gasteiger partial charge in [0, 0.05) is 12.0 Å². The SMILES string of the molecule is CC(C)N1C(=O)C2C3CC(C(OC(=O)c4cccc5ccccc45)C31)C2C(=O)O[CH-]C(F)(F)S(=O)(=O)[O-].[Rf]. The first-order chi connectivity index (χ1) is 17.3. The minimum absolute atomic E-state index is 0. The van der Waals surface area contributed by atoms with E-state index in [-0.39, 0.29) is 17.9 Å². The van der Waals surface area contributed by atoms with Crippen molar-refractivity contribution < 1.29 is 45.6 Å². The maximum atomic E-state index is 13.6. The molecule has 0 N–H and O–H groups in total. The van der Waals surface area contributed by atoms with E-state index >= 15 is 0 Å². The van der Waals surface area contributed by atoms with Crippen LogP contribution in [0.1, 0.15) is 30.6 Å². The number of carbonyl (C=O) groups is 3. The maximum absolute atomic E-state index is 13.6. The smallest absolute Gasteiger partial charge is 0.339 e. The fourth-order valence-corrected chi connectivity index (χ4v) is 6.45. The fraction of sp³-hybridized carbons (Fsp3) is 0.440. The number of alkyl halides is 2. The molecule has 0 radical (unpaired) electrons. The number of hydrogen-bond acceptors (Lipinski definition) is 8. The zero-order valence-corrected chi connectivity index (χ0v) is 27.7. The molecule has 200 valence electrons. The molecule has 5 rings (SSSR count). The normalized spacial score (nSPS) is 28.1. The number of hydrogen-bond donors (Lipinski definition) is 0. The van der Waals surface area contributed by atoms with Crippen LogP contribution in [0.4, 0.5) is 8.78 Å². The summed E-state index contributed by atoms with van der Waals surface area (Å²) >= 11 is 0. The van der Waals surface area contributed by atoms with E-state index in [1.54, 1.807) is 43.0 Å². The Morgan fingerprint density at radius 2 is 1.79 bits per heavy atom. The summed E-state index contributed by atoms with van der Waals surface area (Å²) < 4.78 is 69.9. The number of carbonyl (C=O) groups excluding carboxylic acids is 3. The van der Waals surface area contributed by atoms with Crippen LogP contribution >= 0.6 is 0 Å². The average molecular weight is 803 g/mol. The molecule has 0 aromatic heterocycles. The van der Waals surface area contributed by atoms with Gasteiger partial charge in [0.05, 0.1) is 23.4 Å². The number of ether oxygens (including phenoxy) is 2. The second-order valence-corrected chi connectivity index (χ2v) is 11.4. The average Bonchev–Trinajstić information content (AvgIpc) is 3.44. The summed E-state index contributed by atoms with van der Waals surface area (Å²) in [5, 5.41) is -3.46. The Balaban J connectivity index is 0.00000336. The molecule has 2 aromatic rings. The Bertz CT molecular complexity index is 1400. The molecule has 2 bridgehead atoms. The molecule has 2 saturated carbocycles. The van der Waals surface area contributed by atoms with Crippen molar-refractivity contribution in [2.75, 3.05) is 0 Å². The zero-order chi connectivity index (χ0) is 26.9. The van der Waals surface area contributed by atoms with E-state index in [4.69, 9.17) is 4.74 Å². The van der Waals surface area contributed by atoms with Crippen LogP contribution in [0.3, 0.4) is 0 Å². The van der Waals surface area contributed by atoms with Gasteiger partial charge in [-0.2, -0.15) is 0 Å². The van der Waals surface area contributed by atoms with Gasteiger partial charge in [-0.3, -0.25) is 9.59 Å². The molecule has 1 saturated heterocycles. The van der Waals surface area contributed by atoms with Gasteiger partial charge in [-0.05, 0) is 43.0 Å². The largest absolute Gasteiger partial charge is 0.746 e. The molecule has 1 heterocycles. The molecule has 6 unspecified atom stereocenters. The van der Waals surface area contributed by atoms with Gasteiger partial charge in [-0.1, -0.05) is 43.0 Å². The Labute approximate surface area is 211 Å². The third-order valence-electron chi connectivity index (χ3n) is 7.64. The van der Waals surface area contributed by atoms with Gasteiger partial charge in [0.1, 0.15) is 16.2 Å². The van der Waals surface area contributed by atoms with Crippen molar-refractivity contribution in [3.63, 3.8) is 0 Å². The van der Waals surface area contributed by atoms with Crippen molar-refractivity contribution >= 4 is 38.7 Å². The maximum Gasteiger partial charge on any atom is 0.339 e. The standard InChI is InChI=1S/C25H24F2NO8S.Rf/c1-12(2)28-20-16-10-17(19(18(16)22(28)29)24(31)35-11-25(26,27)37(32,33)34)21(20)36-23(30)15-9-5-7-13-6-3-4-8-14(13)15;/h3-9,11-12,16-21H,10H2,1-2H3,(H,32,33,34);/q-1;/p-1. The zero-order valence-electron chi connectivity index (χ0n) is 20.5. The van der Waals surface area contributed by atoms with E-state index < -0.39 is 63.8 Å². The summed E-state index contributed by atoms with van der Waals surface area (Å²) in [4.78, 5) is 41.1.